The van der Waals surface area contributed by atoms with E-state index in [2.05, 4.69) is 0 Å². The summed E-state index contributed by atoms with van der Waals surface area (Å²) in [7, 11) is 0. The van der Waals surface area contributed by atoms with Crippen molar-refractivity contribution in [3.63, 3.8) is 0 Å². The fourth-order valence-corrected chi connectivity index (χ4v) is 5.57. The van der Waals surface area contributed by atoms with Crippen molar-refractivity contribution < 1.29 is 24.2 Å². The lowest BCUT2D eigenvalue weighted by molar-refractivity contribution is -0.132. The Balaban J connectivity index is 1.35. The van der Waals surface area contributed by atoms with Gasteiger partial charge in [-0.15, -0.1) is 11.3 Å². The summed E-state index contributed by atoms with van der Waals surface area (Å²) in [6, 6.07) is 25.3. The summed E-state index contributed by atoms with van der Waals surface area (Å²) in [5.74, 6) is -0.144. The molecule has 1 unspecified atom stereocenters. The highest BCUT2D eigenvalue weighted by molar-refractivity contribution is 7.10. The molecule has 37 heavy (non-hydrogen) atoms. The number of nitrogens with zero attached hydrogens (tertiary/aromatic N) is 1. The van der Waals surface area contributed by atoms with Gasteiger partial charge in [0.15, 0.2) is 0 Å². The molecule has 1 fully saturated rings. The molecule has 2 aliphatic heterocycles. The SMILES string of the molecule is O=C1C(=O)N(c2ccc(OCc3ccccc3)cc2)C(c2cccs2)/C1=C(/O)c1ccc2c(c1)CCO2. The van der Waals surface area contributed by atoms with Crippen LogP contribution in [0.25, 0.3) is 5.76 Å². The Labute approximate surface area is 218 Å². The highest BCUT2D eigenvalue weighted by atomic mass is 32.1. The van der Waals surface area contributed by atoms with Crippen LogP contribution < -0.4 is 14.4 Å². The molecule has 0 radical (unpaired) electrons. The number of aliphatic hydroxyl groups excluding tert-OH is 1. The maximum absolute atomic E-state index is 13.3. The molecule has 7 heteroatoms. The van der Waals surface area contributed by atoms with Gasteiger partial charge in [0.1, 0.15) is 29.9 Å². The minimum Gasteiger partial charge on any atom is -0.507 e. The zero-order valence-electron chi connectivity index (χ0n) is 19.8. The number of rotatable bonds is 6. The summed E-state index contributed by atoms with van der Waals surface area (Å²) in [5.41, 5.74) is 3.14. The molecule has 3 heterocycles. The fraction of sp³-hybridized carbons (Fsp3) is 0.133. The Kier molecular flexibility index (Phi) is 5.98. The third kappa shape index (κ3) is 4.27. The molecule has 6 nitrogen and oxygen atoms in total. The van der Waals surface area contributed by atoms with Crippen LogP contribution in [0, 0.1) is 0 Å². The van der Waals surface area contributed by atoms with Crippen LogP contribution in [0.15, 0.2) is 95.9 Å². The van der Waals surface area contributed by atoms with Gasteiger partial charge in [0.05, 0.1) is 12.2 Å². The topological polar surface area (TPSA) is 76.1 Å². The molecule has 1 aromatic heterocycles. The van der Waals surface area contributed by atoms with Crippen molar-refractivity contribution in [1.29, 1.82) is 0 Å². The number of anilines is 1. The quantitative estimate of drug-likeness (QED) is 0.199. The highest BCUT2D eigenvalue weighted by Gasteiger charge is 2.47. The molecule has 0 saturated carbocycles. The second-order valence-corrected chi connectivity index (χ2v) is 9.85. The molecule has 0 bridgehead atoms. The normalized spacial score (nSPS) is 18.1. The van der Waals surface area contributed by atoms with E-state index >= 15 is 0 Å². The molecule has 1 saturated heterocycles. The Morgan fingerprint density at radius 2 is 1.81 bits per heavy atom. The number of carbonyl (C=O) groups excluding carboxylic acids is 2. The molecule has 6 rings (SSSR count). The molecule has 1 amide bonds. The van der Waals surface area contributed by atoms with Crippen LogP contribution in [0.3, 0.4) is 0 Å². The molecule has 3 aromatic carbocycles. The minimum atomic E-state index is -0.736. The Morgan fingerprint density at radius 3 is 2.57 bits per heavy atom. The molecule has 1 atom stereocenters. The first-order chi connectivity index (χ1) is 18.1. The fourth-order valence-electron chi connectivity index (χ4n) is 4.75. The van der Waals surface area contributed by atoms with Crippen molar-refractivity contribution in [2.45, 2.75) is 19.1 Å². The van der Waals surface area contributed by atoms with Gasteiger partial charge in [-0.05, 0) is 65.0 Å². The van der Waals surface area contributed by atoms with Gasteiger partial charge in [-0.2, -0.15) is 0 Å². The summed E-state index contributed by atoms with van der Waals surface area (Å²) >= 11 is 1.43. The molecular formula is C30H23NO5S. The van der Waals surface area contributed by atoms with E-state index in [1.165, 1.54) is 16.2 Å². The van der Waals surface area contributed by atoms with E-state index in [1.807, 2.05) is 53.9 Å². The van der Waals surface area contributed by atoms with Crippen molar-refractivity contribution in [3.8, 4) is 11.5 Å². The van der Waals surface area contributed by atoms with Crippen molar-refractivity contribution >= 4 is 34.5 Å². The van der Waals surface area contributed by atoms with E-state index in [0.717, 1.165) is 28.2 Å². The number of ether oxygens (including phenoxy) is 2. The molecule has 4 aromatic rings. The van der Waals surface area contributed by atoms with Gasteiger partial charge in [-0.25, -0.2) is 0 Å². The van der Waals surface area contributed by atoms with E-state index in [0.29, 0.717) is 30.2 Å². The van der Waals surface area contributed by atoms with Gasteiger partial charge in [0, 0.05) is 22.5 Å². The summed E-state index contributed by atoms with van der Waals surface area (Å²) in [4.78, 5) is 28.9. The van der Waals surface area contributed by atoms with Crippen LogP contribution in [0.4, 0.5) is 5.69 Å². The summed E-state index contributed by atoms with van der Waals surface area (Å²) in [6.45, 7) is 1.01. The molecule has 0 spiro atoms. The molecule has 2 aliphatic rings. The van der Waals surface area contributed by atoms with Crippen LogP contribution in [0.2, 0.25) is 0 Å². The maximum Gasteiger partial charge on any atom is 0.300 e. The van der Waals surface area contributed by atoms with Gasteiger partial charge in [0.2, 0.25) is 0 Å². The second kappa shape index (κ2) is 9.59. The monoisotopic (exact) mass is 509 g/mol. The lowest BCUT2D eigenvalue weighted by Gasteiger charge is -2.24. The molecular weight excluding hydrogens is 486 g/mol. The molecule has 1 N–H and O–H groups in total. The Morgan fingerprint density at radius 1 is 1.00 bits per heavy atom. The first kappa shape index (κ1) is 23.1. The zero-order chi connectivity index (χ0) is 25.4. The van der Waals surface area contributed by atoms with E-state index in [4.69, 9.17) is 9.47 Å². The van der Waals surface area contributed by atoms with Crippen LogP contribution in [0.5, 0.6) is 11.5 Å². The van der Waals surface area contributed by atoms with Gasteiger partial charge in [-0.1, -0.05) is 36.4 Å². The maximum atomic E-state index is 13.3. The first-order valence-electron chi connectivity index (χ1n) is 12.0. The summed E-state index contributed by atoms with van der Waals surface area (Å²) in [5, 5.41) is 13.2. The summed E-state index contributed by atoms with van der Waals surface area (Å²) < 4.78 is 11.5. The number of benzene rings is 3. The largest absolute Gasteiger partial charge is 0.507 e. The minimum absolute atomic E-state index is 0.0794. The molecule has 0 aliphatic carbocycles. The van der Waals surface area contributed by atoms with E-state index in [9.17, 15) is 14.7 Å². The lowest BCUT2D eigenvalue weighted by Crippen LogP contribution is -2.29. The third-order valence-electron chi connectivity index (χ3n) is 6.58. The number of amides is 1. The van der Waals surface area contributed by atoms with Crippen LogP contribution in [-0.4, -0.2) is 23.4 Å². The van der Waals surface area contributed by atoms with Crippen molar-refractivity contribution in [2.75, 3.05) is 11.5 Å². The van der Waals surface area contributed by atoms with Crippen molar-refractivity contribution in [2.24, 2.45) is 0 Å². The van der Waals surface area contributed by atoms with E-state index in [1.54, 1.807) is 36.4 Å². The Bertz CT molecular complexity index is 1490. The van der Waals surface area contributed by atoms with Crippen LogP contribution in [0.1, 0.15) is 27.6 Å². The smallest absolute Gasteiger partial charge is 0.300 e. The average molecular weight is 510 g/mol. The third-order valence-corrected chi connectivity index (χ3v) is 7.51. The molecule has 184 valence electrons. The Hall–Kier alpha value is -4.36. The van der Waals surface area contributed by atoms with E-state index in [-0.39, 0.29) is 11.3 Å². The predicted octanol–water partition coefficient (Wildman–Crippen LogP) is 5.89. The average Bonchev–Trinajstić information content (AvgIpc) is 3.68. The second-order valence-electron chi connectivity index (χ2n) is 8.87. The number of aliphatic hydroxyl groups is 1. The number of fused-ring (bicyclic) bond motifs is 1. The van der Waals surface area contributed by atoms with Gasteiger partial charge < -0.3 is 14.6 Å². The first-order valence-corrected chi connectivity index (χ1v) is 12.9. The number of thiophene rings is 1. The van der Waals surface area contributed by atoms with Crippen LogP contribution >= 0.6 is 11.3 Å². The number of ketones is 1. The van der Waals surface area contributed by atoms with Gasteiger partial charge in [-0.3, -0.25) is 14.5 Å². The number of hydrogen-bond donors (Lipinski definition) is 1. The standard InChI is InChI=1S/C30H23NO5S/c32-28(21-8-13-24-20(17-21)14-15-35-24)26-27(25-7-4-16-37-25)31(30(34)29(26)33)22-9-11-23(12-10-22)36-18-19-5-2-1-3-6-19/h1-13,16-17,27,32H,14-15,18H2/b28-26-. The zero-order valence-corrected chi connectivity index (χ0v) is 20.6. The van der Waals surface area contributed by atoms with E-state index < -0.39 is 17.7 Å². The number of carbonyl (C=O) groups is 2. The van der Waals surface area contributed by atoms with Crippen molar-refractivity contribution in [3.05, 3.63) is 117 Å². The highest BCUT2D eigenvalue weighted by Crippen LogP contribution is 2.44. The summed E-state index contributed by atoms with van der Waals surface area (Å²) in [6.07, 6.45) is 0.734. The van der Waals surface area contributed by atoms with Crippen molar-refractivity contribution in [1.82, 2.24) is 0 Å². The van der Waals surface area contributed by atoms with Gasteiger partial charge in [0.25, 0.3) is 11.7 Å². The number of Topliss-reactive ketones (excluding diaryl/α,β-unsaturated/α-hetero) is 1. The van der Waals surface area contributed by atoms with Gasteiger partial charge >= 0.3 is 0 Å². The van der Waals surface area contributed by atoms with Crippen LogP contribution in [-0.2, 0) is 22.6 Å². The predicted molar refractivity (Wildman–Crippen MR) is 142 cm³/mol. The lowest BCUT2D eigenvalue weighted by atomic mass is 9.98. The number of hydrogen-bond acceptors (Lipinski definition) is 6.